The van der Waals surface area contributed by atoms with E-state index in [1.807, 2.05) is 0 Å². The van der Waals surface area contributed by atoms with Gasteiger partial charge in [0.05, 0.1) is 13.2 Å². The minimum absolute atomic E-state index is 0.0558. The van der Waals surface area contributed by atoms with E-state index in [0.717, 1.165) is 44.9 Å². The zero-order valence-electron chi connectivity index (χ0n) is 35.9. The smallest absolute Gasteiger partial charge is 0.462 e. The summed E-state index contributed by atoms with van der Waals surface area (Å²) in [6.07, 6.45) is 43.8. The van der Waals surface area contributed by atoms with Crippen LogP contribution < -0.4 is 5.73 Å². The summed E-state index contributed by atoms with van der Waals surface area (Å²) in [5, 5.41) is 0. The molecule has 3 N–H and O–H groups in total. The van der Waals surface area contributed by atoms with Gasteiger partial charge in [-0.15, -0.1) is 0 Å². The number of phosphoric ester groups is 1. The van der Waals surface area contributed by atoms with E-state index in [-0.39, 0.29) is 38.6 Å². The number of nitrogens with two attached hydrogens (primary N) is 1. The van der Waals surface area contributed by atoms with Gasteiger partial charge in [0, 0.05) is 19.4 Å². The minimum Gasteiger partial charge on any atom is -0.462 e. The van der Waals surface area contributed by atoms with Gasteiger partial charge in [-0.1, -0.05) is 193 Å². The zero-order valence-corrected chi connectivity index (χ0v) is 36.8. The zero-order chi connectivity index (χ0) is 40.3. The number of ether oxygens (including phenoxy) is 2. The standard InChI is InChI=1S/C45H88NO8P/c1-3-5-7-9-11-13-15-17-19-20-21-22-24-26-28-30-32-34-36-38-45(48)54-43(42-53-55(49,50)52-40-39-46)41-51-44(47)37-35-33-31-29-27-25-23-18-16-14-12-10-8-6-4-2/h14,16,43H,3-13,15,17-42,46H2,1-2H3,(H,49,50)/b16-14-/t43-/m1/s1. The van der Waals surface area contributed by atoms with Gasteiger partial charge in [0.2, 0.25) is 0 Å². The highest BCUT2D eigenvalue weighted by atomic mass is 31.2. The van der Waals surface area contributed by atoms with Crippen molar-refractivity contribution in [2.75, 3.05) is 26.4 Å². The summed E-state index contributed by atoms with van der Waals surface area (Å²) in [6, 6.07) is 0. The van der Waals surface area contributed by atoms with Crippen molar-refractivity contribution >= 4 is 19.8 Å². The summed E-state index contributed by atoms with van der Waals surface area (Å²) in [5.41, 5.74) is 5.35. The Morgan fingerprint density at radius 2 is 0.891 bits per heavy atom. The maximum Gasteiger partial charge on any atom is 0.472 e. The molecule has 0 aromatic rings. The molecule has 0 aliphatic heterocycles. The second-order valence-corrected chi connectivity index (χ2v) is 17.1. The molecule has 55 heavy (non-hydrogen) atoms. The molecule has 9 nitrogen and oxygen atoms in total. The Morgan fingerprint density at radius 3 is 1.31 bits per heavy atom. The Bertz CT molecular complexity index is 917. The SMILES string of the molecule is CCCCCC/C=C\CCCCCCCCCC(=O)OC[C@H](COP(=O)(O)OCCN)OC(=O)CCCCCCCCCCCCCCCCCCCCC. The van der Waals surface area contributed by atoms with Crippen molar-refractivity contribution in [1.82, 2.24) is 0 Å². The number of carbonyl (C=O) groups excluding carboxylic acids is 2. The highest BCUT2D eigenvalue weighted by molar-refractivity contribution is 7.47. The third-order valence-corrected chi connectivity index (χ3v) is 11.1. The van der Waals surface area contributed by atoms with Crippen LogP contribution in [0.5, 0.6) is 0 Å². The van der Waals surface area contributed by atoms with E-state index < -0.39 is 26.5 Å². The van der Waals surface area contributed by atoms with Gasteiger partial charge in [-0.3, -0.25) is 18.6 Å². The van der Waals surface area contributed by atoms with Crippen molar-refractivity contribution in [3.63, 3.8) is 0 Å². The van der Waals surface area contributed by atoms with E-state index in [0.29, 0.717) is 6.42 Å². The van der Waals surface area contributed by atoms with Crippen LogP contribution in [0.1, 0.15) is 232 Å². The quantitative estimate of drug-likeness (QED) is 0.0267. The minimum atomic E-state index is -4.37. The Kier molecular flexibility index (Phi) is 41.4. The first-order valence-electron chi connectivity index (χ1n) is 23.2. The third kappa shape index (κ3) is 42.2. The molecule has 0 spiro atoms. The molecule has 0 aliphatic carbocycles. The van der Waals surface area contributed by atoms with Gasteiger partial charge in [0.15, 0.2) is 6.10 Å². The van der Waals surface area contributed by atoms with Crippen molar-refractivity contribution in [1.29, 1.82) is 0 Å². The Hall–Kier alpha value is -1.25. The van der Waals surface area contributed by atoms with Crippen molar-refractivity contribution in [3.8, 4) is 0 Å². The number of rotatable bonds is 44. The summed E-state index contributed by atoms with van der Waals surface area (Å²) in [5.74, 6) is -0.821. The van der Waals surface area contributed by atoms with Crippen LogP contribution in [0.4, 0.5) is 0 Å². The van der Waals surface area contributed by atoms with Crippen LogP contribution in [0.3, 0.4) is 0 Å². The van der Waals surface area contributed by atoms with Crippen molar-refractivity contribution in [2.24, 2.45) is 5.73 Å². The number of hydrogen-bond donors (Lipinski definition) is 2. The maximum atomic E-state index is 12.6. The molecule has 0 aliphatic rings. The summed E-state index contributed by atoms with van der Waals surface area (Å²) in [6.45, 7) is 3.75. The Balaban J connectivity index is 4.07. The molecule has 0 heterocycles. The number of esters is 2. The van der Waals surface area contributed by atoms with Gasteiger partial charge in [0.1, 0.15) is 6.61 Å². The van der Waals surface area contributed by atoms with Crippen LogP contribution in [0, 0.1) is 0 Å². The average molecular weight is 802 g/mol. The molecule has 0 aromatic carbocycles. The molecule has 0 saturated heterocycles. The lowest BCUT2D eigenvalue weighted by Crippen LogP contribution is -2.29. The number of allylic oxidation sites excluding steroid dienone is 2. The summed E-state index contributed by atoms with van der Waals surface area (Å²) in [4.78, 5) is 34.9. The van der Waals surface area contributed by atoms with Crippen molar-refractivity contribution in [3.05, 3.63) is 12.2 Å². The molecule has 0 aromatic heterocycles. The van der Waals surface area contributed by atoms with E-state index in [1.54, 1.807) is 0 Å². The van der Waals surface area contributed by atoms with E-state index in [9.17, 15) is 19.0 Å². The molecular weight excluding hydrogens is 713 g/mol. The van der Waals surface area contributed by atoms with E-state index >= 15 is 0 Å². The monoisotopic (exact) mass is 802 g/mol. The normalized spacial score (nSPS) is 13.3. The Labute approximate surface area is 339 Å². The number of phosphoric acid groups is 1. The fourth-order valence-corrected chi connectivity index (χ4v) is 7.45. The lowest BCUT2D eigenvalue weighted by atomic mass is 10.0. The molecule has 10 heteroatoms. The molecule has 0 saturated carbocycles. The number of carbonyl (C=O) groups is 2. The van der Waals surface area contributed by atoms with Crippen LogP contribution >= 0.6 is 7.82 Å². The largest absolute Gasteiger partial charge is 0.472 e. The van der Waals surface area contributed by atoms with Crippen molar-refractivity contribution in [2.45, 2.75) is 238 Å². The highest BCUT2D eigenvalue weighted by Crippen LogP contribution is 2.43. The van der Waals surface area contributed by atoms with Gasteiger partial charge >= 0.3 is 19.8 Å². The van der Waals surface area contributed by atoms with Crippen LogP contribution in [0.2, 0.25) is 0 Å². The highest BCUT2D eigenvalue weighted by Gasteiger charge is 2.26. The van der Waals surface area contributed by atoms with E-state index in [1.165, 1.54) is 154 Å². The van der Waals surface area contributed by atoms with Gasteiger partial charge in [-0.2, -0.15) is 0 Å². The molecule has 2 atom stereocenters. The first-order valence-corrected chi connectivity index (χ1v) is 24.7. The van der Waals surface area contributed by atoms with Crippen LogP contribution in [-0.4, -0.2) is 49.3 Å². The predicted molar refractivity (Wildman–Crippen MR) is 229 cm³/mol. The maximum absolute atomic E-state index is 12.6. The van der Waals surface area contributed by atoms with Gasteiger partial charge in [-0.05, 0) is 38.5 Å². The molecule has 1 unspecified atom stereocenters. The first-order chi connectivity index (χ1) is 26.8. The first kappa shape index (κ1) is 53.8. The number of unbranched alkanes of at least 4 members (excludes halogenated alkanes) is 29. The van der Waals surface area contributed by atoms with Crippen LogP contribution in [-0.2, 0) is 32.7 Å². The fraction of sp³-hybridized carbons (Fsp3) is 0.911. The van der Waals surface area contributed by atoms with Crippen LogP contribution in [0.15, 0.2) is 12.2 Å². The van der Waals surface area contributed by atoms with E-state index in [4.69, 9.17) is 24.3 Å². The molecule has 326 valence electrons. The van der Waals surface area contributed by atoms with Gasteiger partial charge < -0.3 is 20.1 Å². The average Bonchev–Trinajstić information content (AvgIpc) is 3.17. The lowest BCUT2D eigenvalue weighted by Gasteiger charge is -2.19. The van der Waals surface area contributed by atoms with Gasteiger partial charge in [0.25, 0.3) is 0 Å². The fourth-order valence-electron chi connectivity index (χ4n) is 6.69. The van der Waals surface area contributed by atoms with Crippen molar-refractivity contribution < 1.29 is 37.6 Å². The molecule has 0 amide bonds. The summed E-state index contributed by atoms with van der Waals surface area (Å²) < 4.78 is 32.8. The molecule has 0 radical (unpaired) electrons. The second-order valence-electron chi connectivity index (χ2n) is 15.6. The topological polar surface area (TPSA) is 134 Å². The summed E-state index contributed by atoms with van der Waals surface area (Å²) >= 11 is 0. The van der Waals surface area contributed by atoms with Crippen LogP contribution in [0.25, 0.3) is 0 Å². The Morgan fingerprint density at radius 1 is 0.527 bits per heavy atom. The van der Waals surface area contributed by atoms with E-state index in [2.05, 4.69) is 26.0 Å². The van der Waals surface area contributed by atoms with Gasteiger partial charge in [-0.25, -0.2) is 4.57 Å². The molecule has 0 bridgehead atoms. The third-order valence-electron chi connectivity index (χ3n) is 10.2. The summed E-state index contributed by atoms with van der Waals surface area (Å²) in [7, 11) is -4.37. The predicted octanol–water partition coefficient (Wildman–Crippen LogP) is 13.4. The number of hydrogen-bond acceptors (Lipinski definition) is 8. The second kappa shape index (κ2) is 42.4. The molecule has 0 fully saturated rings. The molecule has 0 rings (SSSR count). The lowest BCUT2D eigenvalue weighted by molar-refractivity contribution is -0.161. The molecular formula is C45H88NO8P.